The summed E-state index contributed by atoms with van der Waals surface area (Å²) in [5.41, 5.74) is 6.70. The van der Waals surface area contributed by atoms with E-state index in [1.54, 1.807) is 24.3 Å². The molecule has 6 heteroatoms. The molecule has 0 bridgehead atoms. The number of nitrogens with one attached hydrogen (secondary N) is 1. The minimum atomic E-state index is 0.174. The fourth-order valence-corrected chi connectivity index (χ4v) is 2.78. The third-order valence-electron chi connectivity index (χ3n) is 3.32. The second-order valence-corrected chi connectivity index (χ2v) is 5.99. The number of rotatable bonds is 4. The number of phenols is 1. The van der Waals surface area contributed by atoms with E-state index >= 15 is 0 Å². The summed E-state index contributed by atoms with van der Waals surface area (Å²) in [4.78, 5) is 4.49. The molecule has 1 heterocycles. The first kappa shape index (κ1) is 15.7. The maximum absolute atomic E-state index is 9.32. The molecule has 2 aromatic carbocycles. The molecule has 1 aromatic heterocycles. The zero-order chi connectivity index (χ0) is 16.9. The van der Waals surface area contributed by atoms with Crippen LogP contribution < -0.4 is 5.43 Å². The standard InChI is InChI=1S/C18H14N4OS/c1-12-2-4-13(5-3-12)17-11-24-18(20-17)16(10-19)22-21-14-6-8-15(23)9-7-14/h2-9,11,21,23H,1H3/b22-16+. The highest BCUT2D eigenvalue weighted by Gasteiger charge is 2.10. The highest BCUT2D eigenvalue weighted by Crippen LogP contribution is 2.23. The molecular weight excluding hydrogens is 320 g/mol. The lowest BCUT2D eigenvalue weighted by Crippen LogP contribution is -2.01. The van der Waals surface area contributed by atoms with Crippen molar-refractivity contribution in [1.29, 1.82) is 5.26 Å². The van der Waals surface area contributed by atoms with Crippen molar-refractivity contribution < 1.29 is 5.11 Å². The zero-order valence-electron chi connectivity index (χ0n) is 12.9. The van der Waals surface area contributed by atoms with E-state index in [4.69, 9.17) is 0 Å². The van der Waals surface area contributed by atoms with Gasteiger partial charge in [-0.2, -0.15) is 10.4 Å². The molecular formula is C18H14N4OS. The number of hydrogen-bond acceptors (Lipinski definition) is 6. The van der Waals surface area contributed by atoms with Crippen LogP contribution in [0.15, 0.2) is 59.0 Å². The fraction of sp³-hybridized carbons (Fsp3) is 0.0556. The Labute approximate surface area is 143 Å². The van der Waals surface area contributed by atoms with Gasteiger partial charge in [0.05, 0.1) is 11.4 Å². The lowest BCUT2D eigenvalue weighted by Gasteiger charge is -2.00. The first-order chi connectivity index (χ1) is 11.7. The molecule has 0 aliphatic rings. The third kappa shape index (κ3) is 3.59. The Morgan fingerprint density at radius 2 is 1.88 bits per heavy atom. The van der Waals surface area contributed by atoms with Crippen LogP contribution in [0.3, 0.4) is 0 Å². The van der Waals surface area contributed by atoms with Crippen LogP contribution in [0.4, 0.5) is 5.69 Å². The molecule has 24 heavy (non-hydrogen) atoms. The third-order valence-corrected chi connectivity index (χ3v) is 4.17. The smallest absolute Gasteiger partial charge is 0.196 e. The van der Waals surface area contributed by atoms with Gasteiger partial charge in [-0.15, -0.1) is 11.3 Å². The van der Waals surface area contributed by atoms with Crippen molar-refractivity contribution in [3.63, 3.8) is 0 Å². The Kier molecular flexibility index (Phi) is 4.54. The molecule has 5 nitrogen and oxygen atoms in total. The van der Waals surface area contributed by atoms with Gasteiger partial charge in [0.15, 0.2) is 10.7 Å². The SMILES string of the molecule is Cc1ccc(-c2csc(/C(C#N)=N/Nc3ccc(O)cc3)n2)cc1. The van der Waals surface area contributed by atoms with Crippen molar-refractivity contribution in [2.24, 2.45) is 5.10 Å². The van der Waals surface area contributed by atoms with Crippen LogP contribution in [-0.2, 0) is 0 Å². The van der Waals surface area contributed by atoms with Gasteiger partial charge in [-0.1, -0.05) is 29.8 Å². The number of aryl methyl sites for hydroxylation is 1. The average Bonchev–Trinajstić information content (AvgIpc) is 3.08. The average molecular weight is 334 g/mol. The van der Waals surface area contributed by atoms with Crippen LogP contribution in [0.2, 0.25) is 0 Å². The number of benzene rings is 2. The van der Waals surface area contributed by atoms with Crippen molar-refractivity contribution in [2.75, 3.05) is 5.43 Å². The van der Waals surface area contributed by atoms with Gasteiger partial charge in [0.2, 0.25) is 0 Å². The topological polar surface area (TPSA) is 81.3 Å². The van der Waals surface area contributed by atoms with Crippen molar-refractivity contribution in [2.45, 2.75) is 6.92 Å². The van der Waals surface area contributed by atoms with Gasteiger partial charge in [-0.25, -0.2) is 4.98 Å². The highest BCUT2D eigenvalue weighted by atomic mass is 32.1. The number of nitriles is 1. The maximum Gasteiger partial charge on any atom is 0.196 e. The Morgan fingerprint density at radius 1 is 1.17 bits per heavy atom. The summed E-state index contributed by atoms with van der Waals surface area (Å²) in [5, 5.41) is 25.2. The minimum absolute atomic E-state index is 0.174. The van der Waals surface area contributed by atoms with Crippen molar-refractivity contribution in [3.8, 4) is 23.1 Å². The molecule has 118 valence electrons. The number of hydrogen-bond donors (Lipinski definition) is 2. The van der Waals surface area contributed by atoms with E-state index in [-0.39, 0.29) is 11.5 Å². The molecule has 0 unspecified atom stereocenters. The Hall–Kier alpha value is -3.17. The number of nitrogens with zero attached hydrogens (tertiary/aromatic N) is 3. The Balaban J connectivity index is 1.81. The van der Waals surface area contributed by atoms with Crippen LogP contribution in [0, 0.1) is 18.3 Å². The number of anilines is 1. The Bertz CT molecular complexity index is 905. The molecule has 0 radical (unpaired) electrons. The Morgan fingerprint density at radius 3 is 2.54 bits per heavy atom. The van der Waals surface area contributed by atoms with Crippen molar-refractivity contribution in [3.05, 3.63) is 64.5 Å². The van der Waals surface area contributed by atoms with E-state index in [9.17, 15) is 10.4 Å². The monoisotopic (exact) mass is 334 g/mol. The largest absolute Gasteiger partial charge is 0.508 e. The predicted molar refractivity (Wildman–Crippen MR) is 96.2 cm³/mol. The second kappa shape index (κ2) is 6.94. The van der Waals surface area contributed by atoms with E-state index in [2.05, 4.69) is 21.6 Å². The first-order valence-electron chi connectivity index (χ1n) is 7.21. The van der Waals surface area contributed by atoms with E-state index in [1.165, 1.54) is 16.9 Å². The summed E-state index contributed by atoms with van der Waals surface area (Å²) in [7, 11) is 0. The molecule has 0 amide bonds. The summed E-state index contributed by atoms with van der Waals surface area (Å²) >= 11 is 1.37. The van der Waals surface area contributed by atoms with E-state index in [1.807, 2.05) is 36.6 Å². The molecule has 2 N–H and O–H groups in total. The zero-order valence-corrected chi connectivity index (χ0v) is 13.7. The number of aromatic hydroxyl groups is 1. The fourth-order valence-electron chi connectivity index (χ4n) is 2.02. The van der Waals surface area contributed by atoms with Crippen molar-refractivity contribution in [1.82, 2.24) is 4.98 Å². The van der Waals surface area contributed by atoms with Gasteiger partial charge in [0.1, 0.15) is 11.8 Å². The quantitative estimate of drug-likeness (QED) is 0.426. The second-order valence-electron chi connectivity index (χ2n) is 5.13. The van der Waals surface area contributed by atoms with Crippen LogP contribution >= 0.6 is 11.3 Å². The number of aromatic nitrogens is 1. The van der Waals surface area contributed by atoms with Gasteiger partial charge < -0.3 is 5.11 Å². The summed E-state index contributed by atoms with van der Waals surface area (Å²) in [6.45, 7) is 2.03. The molecule has 0 aliphatic carbocycles. The molecule has 0 saturated carbocycles. The molecule has 3 rings (SSSR count). The lowest BCUT2D eigenvalue weighted by molar-refractivity contribution is 0.475. The van der Waals surface area contributed by atoms with E-state index in [0.717, 1.165) is 11.3 Å². The highest BCUT2D eigenvalue weighted by molar-refractivity contribution is 7.12. The maximum atomic E-state index is 9.32. The molecule has 0 fully saturated rings. The summed E-state index contributed by atoms with van der Waals surface area (Å²) in [6, 6.07) is 16.6. The predicted octanol–water partition coefficient (Wildman–Crippen LogP) is 4.16. The van der Waals surface area contributed by atoms with Gasteiger partial charge in [-0.05, 0) is 31.2 Å². The first-order valence-corrected chi connectivity index (χ1v) is 8.09. The van der Waals surface area contributed by atoms with E-state index < -0.39 is 0 Å². The van der Waals surface area contributed by atoms with Gasteiger partial charge in [0.25, 0.3) is 0 Å². The van der Waals surface area contributed by atoms with Gasteiger partial charge >= 0.3 is 0 Å². The lowest BCUT2D eigenvalue weighted by atomic mass is 10.1. The molecule has 3 aromatic rings. The van der Waals surface area contributed by atoms with Gasteiger partial charge in [0, 0.05) is 10.9 Å². The van der Waals surface area contributed by atoms with E-state index in [0.29, 0.717) is 10.7 Å². The van der Waals surface area contributed by atoms with Crippen LogP contribution in [0.1, 0.15) is 10.6 Å². The summed E-state index contributed by atoms with van der Waals surface area (Å²) in [5.74, 6) is 0.174. The normalized spacial score (nSPS) is 11.1. The van der Waals surface area contributed by atoms with Crippen LogP contribution in [0.25, 0.3) is 11.3 Å². The minimum Gasteiger partial charge on any atom is -0.508 e. The summed E-state index contributed by atoms with van der Waals surface area (Å²) in [6.07, 6.45) is 0. The molecule has 0 saturated heterocycles. The van der Waals surface area contributed by atoms with Crippen LogP contribution in [0.5, 0.6) is 5.75 Å². The van der Waals surface area contributed by atoms with Crippen molar-refractivity contribution >= 4 is 22.7 Å². The number of thiazole rings is 1. The number of hydrazone groups is 1. The van der Waals surface area contributed by atoms with Gasteiger partial charge in [-0.3, -0.25) is 5.43 Å². The molecule has 0 spiro atoms. The number of phenolic OH excluding ortho intramolecular Hbond substituents is 1. The summed E-state index contributed by atoms with van der Waals surface area (Å²) < 4.78 is 0. The molecule has 0 aliphatic heterocycles. The van der Waals surface area contributed by atoms with Crippen LogP contribution in [-0.4, -0.2) is 15.8 Å². The molecule has 0 atom stereocenters.